The summed E-state index contributed by atoms with van der Waals surface area (Å²) in [4.78, 5) is 25.1. The normalized spacial score (nSPS) is 16.8. The van der Waals surface area contributed by atoms with Crippen molar-refractivity contribution in [3.8, 4) is 0 Å². The van der Waals surface area contributed by atoms with Crippen molar-refractivity contribution in [3.05, 3.63) is 34.7 Å². The van der Waals surface area contributed by atoms with Gasteiger partial charge in [0.1, 0.15) is 0 Å². The van der Waals surface area contributed by atoms with Crippen LogP contribution in [0.2, 0.25) is 0 Å². The molecular formula is C13H18N2O3. The van der Waals surface area contributed by atoms with E-state index in [4.69, 9.17) is 0 Å². The smallest absolute Gasteiger partial charge is 0.250 e. The minimum Gasteiger partial charge on any atom is -0.393 e. The topological polar surface area (TPSA) is 62.5 Å². The predicted octanol–water partition coefficient (Wildman–Crippen LogP) is 0.222. The maximum Gasteiger partial charge on any atom is 0.250 e. The molecule has 0 unspecified atom stereocenters. The predicted molar refractivity (Wildman–Crippen MR) is 67.1 cm³/mol. The van der Waals surface area contributed by atoms with Crippen molar-refractivity contribution in [3.63, 3.8) is 0 Å². The van der Waals surface area contributed by atoms with Gasteiger partial charge in [-0.1, -0.05) is 6.07 Å². The lowest BCUT2D eigenvalue weighted by Crippen LogP contribution is -2.40. The van der Waals surface area contributed by atoms with E-state index in [9.17, 15) is 14.7 Å². The van der Waals surface area contributed by atoms with Gasteiger partial charge in [0, 0.05) is 38.3 Å². The van der Waals surface area contributed by atoms with Crippen LogP contribution in [0.3, 0.4) is 0 Å². The fourth-order valence-electron chi connectivity index (χ4n) is 2.13. The van der Waals surface area contributed by atoms with Gasteiger partial charge in [0.25, 0.3) is 5.56 Å². The summed E-state index contributed by atoms with van der Waals surface area (Å²) in [5.41, 5.74) is -0.0839. The summed E-state index contributed by atoms with van der Waals surface area (Å²) < 4.78 is 1.54. The molecule has 5 heteroatoms. The van der Waals surface area contributed by atoms with Crippen molar-refractivity contribution >= 4 is 5.91 Å². The Kier molecular flexibility index (Phi) is 4.15. The Labute approximate surface area is 106 Å². The standard InChI is InChI=1S/C13H18N2O3/c16-11-4-8-15(9-5-11)13(18)6-10-14-7-2-1-3-12(14)17/h1-3,7,11,16H,4-6,8-10H2. The van der Waals surface area contributed by atoms with E-state index in [1.165, 1.54) is 10.6 Å². The first-order chi connectivity index (χ1) is 8.66. The second kappa shape index (κ2) is 5.82. The zero-order chi connectivity index (χ0) is 13.0. The molecule has 2 heterocycles. The molecule has 0 saturated carbocycles. The number of carbonyl (C=O) groups is 1. The Morgan fingerprint density at radius 1 is 1.33 bits per heavy atom. The van der Waals surface area contributed by atoms with Gasteiger partial charge in [-0.15, -0.1) is 0 Å². The highest BCUT2D eigenvalue weighted by molar-refractivity contribution is 5.76. The summed E-state index contributed by atoms with van der Waals surface area (Å²) in [6, 6.07) is 4.96. The lowest BCUT2D eigenvalue weighted by molar-refractivity contribution is -0.133. The van der Waals surface area contributed by atoms with Gasteiger partial charge in [-0.25, -0.2) is 0 Å². The summed E-state index contributed by atoms with van der Waals surface area (Å²) in [6.45, 7) is 1.64. The Morgan fingerprint density at radius 2 is 2.06 bits per heavy atom. The molecule has 1 aromatic rings. The van der Waals surface area contributed by atoms with E-state index in [2.05, 4.69) is 0 Å². The molecule has 1 aliphatic rings. The fourth-order valence-corrected chi connectivity index (χ4v) is 2.13. The van der Waals surface area contributed by atoms with Crippen LogP contribution in [0.4, 0.5) is 0 Å². The quantitative estimate of drug-likeness (QED) is 0.835. The number of amides is 1. The maximum absolute atomic E-state index is 11.9. The van der Waals surface area contributed by atoms with Crippen molar-refractivity contribution in [2.75, 3.05) is 13.1 Å². The Hall–Kier alpha value is -1.62. The van der Waals surface area contributed by atoms with E-state index >= 15 is 0 Å². The van der Waals surface area contributed by atoms with Crippen molar-refractivity contribution < 1.29 is 9.90 Å². The molecule has 5 nitrogen and oxygen atoms in total. The first kappa shape index (κ1) is 12.8. The van der Waals surface area contributed by atoms with Gasteiger partial charge in [0.15, 0.2) is 0 Å². The first-order valence-electron chi connectivity index (χ1n) is 6.28. The Morgan fingerprint density at radius 3 is 2.72 bits per heavy atom. The molecule has 2 rings (SSSR count). The third kappa shape index (κ3) is 3.20. The number of rotatable bonds is 3. The van der Waals surface area contributed by atoms with Crippen LogP contribution in [-0.4, -0.2) is 39.7 Å². The lowest BCUT2D eigenvalue weighted by atomic mass is 10.1. The van der Waals surface area contributed by atoms with E-state index < -0.39 is 0 Å². The fraction of sp³-hybridized carbons (Fsp3) is 0.538. The van der Waals surface area contributed by atoms with Gasteiger partial charge in [-0.3, -0.25) is 9.59 Å². The van der Waals surface area contributed by atoms with Gasteiger partial charge < -0.3 is 14.6 Å². The number of piperidine rings is 1. The average Bonchev–Trinajstić information content (AvgIpc) is 2.38. The number of aromatic nitrogens is 1. The SMILES string of the molecule is O=C(CCn1ccccc1=O)N1CCC(O)CC1. The number of hydrogen-bond acceptors (Lipinski definition) is 3. The van der Waals surface area contributed by atoms with Crippen LogP contribution in [0.15, 0.2) is 29.2 Å². The van der Waals surface area contributed by atoms with Crippen molar-refractivity contribution in [2.24, 2.45) is 0 Å². The summed E-state index contributed by atoms with van der Waals surface area (Å²) in [5.74, 6) is 0.0534. The summed E-state index contributed by atoms with van der Waals surface area (Å²) in [5, 5.41) is 9.37. The number of nitrogens with zero attached hydrogens (tertiary/aromatic N) is 2. The zero-order valence-electron chi connectivity index (χ0n) is 10.3. The molecule has 0 bridgehead atoms. The molecule has 18 heavy (non-hydrogen) atoms. The van der Waals surface area contributed by atoms with Crippen LogP contribution >= 0.6 is 0 Å². The second-order valence-electron chi connectivity index (χ2n) is 4.59. The van der Waals surface area contributed by atoms with Crippen LogP contribution in [-0.2, 0) is 11.3 Å². The molecule has 0 aliphatic carbocycles. The van der Waals surface area contributed by atoms with Gasteiger partial charge in [0.05, 0.1) is 6.10 Å². The van der Waals surface area contributed by atoms with Gasteiger partial charge >= 0.3 is 0 Å². The van der Waals surface area contributed by atoms with Crippen molar-refractivity contribution in [1.29, 1.82) is 0 Å². The van der Waals surface area contributed by atoms with Gasteiger partial charge in [-0.2, -0.15) is 0 Å². The molecule has 1 aromatic heterocycles. The van der Waals surface area contributed by atoms with Crippen LogP contribution in [0.5, 0.6) is 0 Å². The number of likely N-dealkylation sites (tertiary alicyclic amines) is 1. The number of carbonyl (C=O) groups excluding carboxylic acids is 1. The van der Waals surface area contributed by atoms with Crippen LogP contribution < -0.4 is 5.56 Å². The minimum atomic E-state index is -0.272. The Balaban J connectivity index is 1.85. The zero-order valence-corrected chi connectivity index (χ0v) is 10.3. The monoisotopic (exact) mass is 250 g/mol. The molecule has 1 N–H and O–H groups in total. The third-order valence-electron chi connectivity index (χ3n) is 3.28. The molecule has 1 fully saturated rings. The van der Waals surface area contributed by atoms with Crippen molar-refractivity contribution in [1.82, 2.24) is 9.47 Å². The molecule has 0 spiro atoms. The molecule has 0 radical (unpaired) electrons. The number of hydrogen-bond donors (Lipinski definition) is 1. The van der Waals surface area contributed by atoms with Crippen LogP contribution in [0.1, 0.15) is 19.3 Å². The van der Waals surface area contributed by atoms with E-state index in [1.807, 2.05) is 0 Å². The molecular weight excluding hydrogens is 232 g/mol. The van der Waals surface area contributed by atoms with Crippen molar-refractivity contribution in [2.45, 2.75) is 31.9 Å². The molecule has 0 aromatic carbocycles. The van der Waals surface area contributed by atoms with Gasteiger partial charge in [0.2, 0.25) is 5.91 Å². The number of pyridine rings is 1. The first-order valence-corrected chi connectivity index (χ1v) is 6.28. The molecule has 1 saturated heterocycles. The highest BCUT2D eigenvalue weighted by Gasteiger charge is 2.20. The molecule has 98 valence electrons. The van der Waals surface area contributed by atoms with E-state index in [0.29, 0.717) is 38.9 Å². The summed E-state index contributed by atoms with van der Waals surface area (Å²) in [6.07, 6.45) is 3.05. The van der Waals surface area contributed by atoms with Gasteiger partial charge in [-0.05, 0) is 18.9 Å². The minimum absolute atomic E-state index is 0.0534. The van der Waals surface area contributed by atoms with E-state index in [-0.39, 0.29) is 17.6 Å². The average molecular weight is 250 g/mol. The lowest BCUT2D eigenvalue weighted by Gasteiger charge is -2.29. The van der Waals surface area contributed by atoms with E-state index in [0.717, 1.165) is 0 Å². The third-order valence-corrected chi connectivity index (χ3v) is 3.28. The highest BCUT2D eigenvalue weighted by atomic mass is 16.3. The highest BCUT2D eigenvalue weighted by Crippen LogP contribution is 2.11. The second-order valence-corrected chi connectivity index (χ2v) is 4.59. The maximum atomic E-state index is 11.9. The Bertz CT molecular complexity index is 461. The summed E-state index contributed by atoms with van der Waals surface area (Å²) >= 11 is 0. The summed E-state index contributed by atoms with van der Waals surface area (Å²) in [7, 11) is 0. The van der Waals surface area contributed by atoms with Crippen LogP contribution in [0, 0.1) is 0 Å². The number of aryl methyl sites for hydroxylation is 1. The molecule has 1 aliphatic heterocycles. The largest absolute Gasteiger partial charge is 0.393 e. The van der Waals surface area contributed by atoms with E-state index in [1.54, 1.807) is 23.2 Å². The molecule has 1 amide bonds. The number of aliphatic hydroxyl groups is 1. The van der Waals surface area contributed by atoms with Crippen LogP contribution in [0.25, 0.3) is 0 Å². The molecule has 0 atom stereocenters. The number of aliphatic hydroxyl groups excluding tert-OH is 1.